The van der Waals surface area contributed by atoms with E-state index in [1.807, 2.05) is 0 Å². The van der Waals surface area contributed by atoms with Gasteiger partial charge in [-0.2, -0.15) is 0 Å². The van der Waals surface area contributed by atoms with Crippen LogP contribution in [0.15, 0.2) is 162 Å². The zero-order chi connectivity index (χ0) is 31.1. The summed E-state index contributed by atoms with van der Waals surface area (Å²) < 4.78 is 3.42. The van der Waals surface area contributed by atoms with E-state index in [1.165, 1.54) is 55.6 Å². The van der Waals surface area contributed by atoms with Crippen molar-refractivity contribution in [2.75, 3.05) is 0 Å². The average molecular weight is 666 g/mol. The van der Waals surface area contributed by atoms with E-state index in [-0.39, 0.29) is 11.3 Å². The van der Waals surface area contributed by atoms with E-state index in [4.69, 9.17) is 4.98 Å². The summed E-state index contributed by atoms with van der Waals surface area (Å²) in [6, 6.07) is 51.2. The second kappa shape index (κ2) is 10.1. The highest BCUT2D eigenvalue weighted by atomic mass is 79.9. The summed E-state index contributed by atoms with van der Waals surface area (Å²) in [4.78, 5) is 5.18. The summed E-state index contributed by atoms with van der Waals surface area (Å²) in [6.45, 7) is 0. The molecule has 0 bridgehead atoms. The lowest BCUT2D eigenvalue weighted by Crippen LogP contribution is -2.25. The van der Waals surface area contributed by atoms with Gasteiger partial charge in [0.1, 0.15) is 5.82 Å². The normalized spacial score (nSPS) is 16.5. The molecular weight excluding hydrogens is 636 g/mol. The average Bonchev–Trinajstić information content (AvgIpc) is 3.76. The van der Waals surface area contributed by atoms with Crippen molar-refractivity contribution in [3.05, 3.63) is 196 Å². The highest BCUT2D eigenvalue weighted by Gasteiger charge is 2.51. The van der Waals surface area contributed by atoms with Crippen LogP contribution in [0.4, 0.5) is 0 Å². The van der Waals surface area contributed by atoms with Gasteiger partial charge in [0.2, 0.25) is 0 Å². The van der Waals surface area contributed by atoms with Crippen LogP contribution < -0.4 is 0 Å². The molecule has 222 valence electrons. The molecule has 3 aliphatic carbocycles. The van der Waals surface area contributed by atoms with Crippen LogP contribution in [-0.4, -0.2) is 9.55 Å². The molecule has 1 unspecified atom stereocenters. The SMILES string of the molecule is Brc1ccc2c(c1)-c1cc(C3C=CC=C(c4nc5ccccc5n4-c4ccccc4)C3)ccc1C21c2ccccc2-c2ccccc21. The second-order valence-electron chi connectivity index (χ2n) is 12.8. The molecule has 1 spiro atoms. The summed E-state index contributed by atoms with van der Waals surface area (Å²) in [6.07, 6.45) is 7.71. The third kappa shape index (κ3) is 3.75. The standard InChI is InChI=1S/C44H29BrN2/c45-31-22-24-40-36(27-31)35-26-29(21-23-39(35)44(40)37-17-6-4-15-33(37)34-16-5-7-18-38(34)44)28-11-10-12-30(25-28)43-46-41-19-8-9-20-42(41)47(43)32-13-2-1-3-14-32/h1-24,26-28H,25H2. The zero-order valence-electron chi connectivity index (χ0n) is 25.6. The van der Waals surface area contributed by atoms with Gasteiger partial charge in [0, 0.05) is 16.1 Å². The van der Waals surface area contributed by atoms with Crippen LogP contribution in [0.3, 0.4) is 0 Å². The highest BCUT2D eigenvalue weighted by molar-refractivity contribution is 9.10. The molecule has 0 saturated heterocycles. The molecule has 3 aliphatic rings. The predicted octanol–water partition coefficient (Wildman–Crippen LogP) is 11.3. The van der Waals surface area contributed by atoms with Crippen molar-refractivity contribution in [2.45, 2.75) is 17.8 Å². The van der Waals surface area contributed by atoms with Crippen molar-refractivity contribution in [3.63, 3.8) is 0 Å². The van der Waals surface area contributed by atoms with Crippen LogP contribution in [0, 0.1) is 0 Å². The van der Waals surface area contributed by atoms with Gasteiger partial charge in [0.15, 0.2) is 0 Å². The van der Waals surface area contributed by atoms with E-state index in [2.05, 4.69) is 178 Å². The number of allylic oxidation sites excluding steroid dienone is 4. The number of aromatic nitrogens is 2. The van der Waals surface area contributed by atoms with Crippen LogP contribution >= 0.6 is 15.9 Å². The topological polar surface area (TPSA) is 17.8 Å². The fourth-order valence-corrected chi connectivity index (χ4v) is 8.88. The van der Waals surface area contributed by atoms with E-state index in [0.29, 0.717) is 0 Å². The molecule has 0 N–H and O–H groups in total. The Morgan fingerprint density at radius 1 is 0.617 bits per heavy atom. The minimum Gasteiger partial charge on any atom is -0.293 e. The Bertz CT molecular complexity index is 2420. The minimum atomic E-state index is -0.328. The summed E-state index contributed by atoms with van der Waals surface area (Å²) in [5, 5.41) is 0. The summed E-state index contributed by atoms with van der Waals surface area (Å²) in [5.41, 5.74) is 16.3. The highest BCUT2D eigenvalue weighted by Crippen LogP contribution is 2.63. The summed E-state index contributed by atoms with van der Waals surface area (Å²) >= 11 is 3.82. The van der Waals surface area contributed by atoms with Gasteiger partial charge in [-0.1, -0.05) is 137 Å². The largest absolute Gasteiger partial charge is 0.293 e. The zero-order valence-corrected chi connectivity index (χ0v) is 27.2. The Morgan fingerprint density at radius 2 is 1.26 bits per heavy atom. The molecule has 0 radical (unpaired) electrons. The Morgan fingerprint density at radius 3 is 2.04 bits per heavy atom. The van der Waals surface area contributed by atoms with Gasteiger partial charge >= 0.3 is 0 Å². The van der Waals surface area contributed by atoms with Crippen LogP contribution in [0.1, 0.15) is 46.0 Å². The van der Waals surface area contributed by atoms with Crippen molar-refractivity contribution in [3.8, 4) is 27.9 Å². The van der Waals surface area contributed by atoms with E-state index in [9.17, 15) is 0 Å². The number of para-hydroxylation sites is 3. The van der Waals surface area contributed by atoms with Crippen LogP contribution in [0.25, 0.3) is 44.5 Å². The van der Waals surface area contributed by atoms with Crippen molar-refractivity contribution in [2.24, 2.45) is 0 Å². The first-order valence-electron chi connectivity index (χ1n) is 16.3. The number of hydrogen-bond donors (Lipinski definition) is 0. The monoisotopic (exact) mass is 664 g/mol. The summed E-state index contributed by atoms with van der Waals surface area (Å²) in [7, 11) is 0. The van der Waals surface area contributed by atoms with Crippen molar-refractivity contribution in [1.82, 2.24) is 9.55 Å². The molecule has 10 rings (SSSR count). The quantitative estimate of drug-likeness (QED) is 0.184. The van der Waals surface area contributed by atoms with Gasteiger partial charge in [-0.3, -0.25) is 4.57 Å². The van der Waals surface area contributed by atoms with Gasteiger partial charge < -0.3 is 0 Å². The maximum Gasteiger partial charge on any atom is 0.141 e. The Balaban J connectivity index is 1.11. The van der Waals surface area contributed by atoms with Crippen LogP contribution in [0.2, 0.25) is 0 Å². The number of hydrogen-bond acceptors (Lipinski definition) is 1. The van der Waals surface area contributed by atoms with Gasteiger partial charge in [-0.15, -0.1) is 0 Å². The lowest BCUT2D eigenvalue weighted by Gasteiger charge is -2.30. The Kier molecular flexibility index (Phi) is 5.80. The number of halogens is 1. The summed E-state index contributed by atoms with van der Waals surface area (Å²) in [5.74, 6) is 1.25. The Hall–Kier alpha value is -5.25. The van der Waals surface area contributed by atoms with Gasteiger partial charge in [-0.25, -0.2) is 4.98 Å². The number of fused-ring (bicyclic) bond motifs is 11. The fourth-order valence-electron chi connectivity index (χ4n) is 8.52. The predicted molar refractivity (Wildman–Crippen MR) is 196 cm³/mol. The molecule has 2 nitrogen and oxygen atoms in total. The van der Waals surface area contributed by atoms with Crippen molar-refractivity contribution < 1.29 is 0 Å². The fraction of sp³-hybridized carbons (Fsp3) is 0.0682. The van der Waals surface area contributed by atoms with Gasteiger partial charge in [0.25, 0.3) is 0 Å². The minimum absolute atomic E-state index is 0.236. The molecule has 1 aromatic heterocycles. The van der Waals surface area contributed by atoms with Gasteiger partial charge in [0.05, 0.1) is 16.4 Å². The number of imidazole rings is 1. The number of rotatable bonds is 3. The van der Waals surface area contributed by atoms with Crippen molar-refractivity contribution >= 4 is 32.5 Å². The molecule has 7 aromatic rings. The molecule has 0 aliphatic heterocycles. The van der Waals surface area contributed by atoms with E-state index in [1.54, 1.807) is 0 Å². The third-order valence-electron chi connectivity index (χ3n) is 10.4. The van der Waals surface area contributed by atoms with E-state index in [0.717, 1.165) is 33.4 Å². The first-order chi connectivity index (χ1) is 23.2. The number of benzene rings is 6. The smallest absolute Gasteiger partial charge is 0.141 e. The van der Waals surface area contributed by atoms with Crippen molar-refractivity contribution in [1.29, 1.82) is 0 Å². The lowest BCUT2D eigenvalue weighted by molar-refractivity contribution is 0.790. The maximum atomic E-state index is 5.18. The second-order valence-corrected chi connectivity index (χ2v) is 13.7. The third-order valence-corrected chi connectivity index (χ3v) is 10.9. The van der Waals surface area contributed by atoms with Crippen LogP contribution in [-0.2, 0) is 5.41 Å². The molecule has 1 heterocycles. The molecule has 0 saturated carbocycles. The maximum absolute atomic E-state index is 5.18. The molecular formula is C44H29BrN2. The molecule has 1 atom stereocenters. The molecule has 0 fully saturated rings. The first kappa shape index (κ1) is 26.9. The van der Waals surface area contributed by atoms with Crippen LogP contribution in [0.5, 0.6) is 0 Å². The van der Waals surface area contributed by atoms with Gasteiger partial charge in [-0.05, 0) is 98.5 Å². The lowest BCUT2D eigenvalue weighted by atomic mass is 9.70. The van der Waals surface area contributed by atoms with E-state index < -0.39 is 0 Å². The van der Waals surface area contributed by atoms with E-state index >= 15 is 0 Å². The molecule has 0 amide bonds. The molecule has 3 heteroatoms. The molecule has 47 heavy (non-hydrogen) atoms. The number of nitrogens with zero attached hydrogens (tertiary/aromatic N) is 2. The molecule has 6 aromatic carbocycles. The first-order valence-corrected chi connectivity index (χ1v) is 17.1. The Labute approximate surface area is 282 Å².